The van der Waals surface area contributed by atoms with Crippen LogP contribution in [0.15, 0.2) is 66.0 Å². The van der Waals surface area contributed by atoms with Crippen molar-refractivity contribution < 1.29 is 18.7 Å². The molecule has 150 valence electrons. The van der Waals surface area contributed by atoms with Crippen molar-refractivity contribution in [1.82, 2.24) is 10.6 Å². The second-order valence-corrected chi connectivity index (χ2v) is 7.24. The molecule has 8 heteroatoms. The first-order chi connectivity index (χ1) is 14.0. The summed E-state index contributed by atoms with van der Waals surface area (Å²) in [6.45, 7) is 0.337. The molecule has 1 heterocycles. The van der Waals surface area contributed by atoms with Crippen LogP contribution in [-0.4, -0.2) is 11.9 Å². The van der Waals surface area contributed by atoms with Crippen LogP contribution in [0, 0.1) is 5.82 Å². The molecule has 4 N–H and O–H groups in total. The summed E-state index contributed by atoms with van der Waals surface area (Å²) in [5.41, 5.74) is 6.10. The average molecular weight is 413 g/mol. The van der Waals surface area contributed by atoms with Gasteiger partial charge >= 0.3 is 6.03 Å². The van der Waals surface area contributed by atoms with Crippen molar-refractivity contribution in [3.05, 3.63) is 82.3 Å². The Morgan fingerprint density at radius 3 is 2.28 bits per heavy atom. The largest absolute Gasteiger partial charge is 0.457 e. The third kappa shape index (κ3) is 6.32. The van der Waals surface area contributed by atoms with Crippen LogP contribution in [0.2, 0.25) is 0 Å². The number of benzene rings is 2. The number of primary amides is 1. The smallest absolute Gasteiger partial charge is 0.312 e. The number of hydrogen-bond donors (Lipinski definition) is 3. The minimum atomic E-state index is -0.673. The highest BCUT2D eigenvalue weighted by Crippen LogP contribution is 2.23. The molecule has 3 amide bonds. The monoisotopic (exact) mass is 413 g/mol. The highest BCUT2D eigenvalue weighted by Gasteiger charge is 2.18. The summed E-state index contributed by atoms with van der Waals surface area (Å²) in [6, 6.07) is 15.5. The molecule has 0 aliphatic rings. The van der Waals surface area contributed by atoms with Crippen molar-refractivity contribution in [3.63, 3.8) is 0 Å². The normalized spacial score (nSPS) is 11.5. The van der Waals surface area contributed by atoms with Gasteiger partial charge < -0.3 is 21.1 Å². The van der Waals surface area contributed by atoms with Crippen LogP contribution >= 0.6 is 11.3 Å². The number of ether oxygens (including phenoxy) is 1. The van der Waals surface area contributed by atoms with Gasteiger partial charge in [0.15, 0.2) is 0 Å². The second-order valence-electron chi connectivity index (χ2n) is 6.26. The number of carbonyl (C=O) groups excluding carboxylic acids is 2. The molecule has 0 aliphatic heterocycles. The standard InChI is InChI=1S/C21H20FN3O3S/c22-15-5-9-17(10-6-15)28-16-7-3-14(4-8-16)13-24-20(26)12-18(25-21(23)27)19-2-1-11-29-19/h1-11,18H,12-13H2,(H,24,26)(H3,23,25,27)/t18-/m1/s1. The van der Waals surface area contributed by atoms with Gasteiger partial charge in [-0.1, -0.05) is 18.2 Å². The molecule has 2 aromatic carbocycles. The van der Waals surface area contributed by atoms with Crippen LogP contribution in [0.5, 0.6) is 11.5 Å². The van der Waals surface area contributed by atoms with E-state index in [1.165, 1.54) is 23.5 Å². The van der Waals surface area contributed by atoms with Crippen LogP contribution in [0.3, 0.4) is 0 Å². The molecule has 1 aromatic heterocycles. The molecule has 0 fully saturated rings. The summed E-state index contributed by atoms with van der Waals surface area (Å²) >= 11 is 1.45. The first-order valence-electron chi connectivity index (χ1n) is 8.88. The quantitative estimate of drug-likeness (QED) is 0.519. The van der Waals surface area contributed by atoms with E-state index in [-0.39, 0.29) is 18.1 Å². The number of rotatable bonds is 8. The summed E-state index contributed by atoms with van der Waals surface area (Å²) in [5, 5.41) is 7.30. The van der Waals surface area contributed by atoms with E-state index in [1.54, 1.807) is 24.3 Å². The van der Waals surface area contributed by atoms with Crippen molar-refractivity contribution in [1.29, 1.82) is 0 Å². The zero-order valence-electron chi connectivity index (χ0n) is 15.4. The summed E-state index contributed by atoms with van der Waals surface area (Å²) in [7, 11) is 0. The summed E-state index contributed by atoms with van der Waals surface area (Å²) in [6.07, 6.45) is 0.0925. The number of carbonyl (C=O) groups is 2. The third-order valence-corrected chi connectivity index (χ3v) is 5.04. The number of hydrogen-bond acceptors (Lipinski definition) is 4. The van der Waals surface area contributed by atoms with Crippen LogP contribution in [0.25, 0.3) is 0 Å². The summed E-state index contributed by atoms with van der Waals surface area (Å²) in [4.78, 5) is 24.3. The fraction of sp³-hybridized carbons (Fsp3) is 0.143. The molecule has 3 rings (SSSR count). The van der Waals surface area contributed by atoms with E-state index in [0.29, 0.717) is 18.0 Å². The van der Waals surface area contributed by atoms with Gasteiger partial charge in [-0.25, -0.2) is 9.18 Å². The molecule has 0 radical (unpaired) electrons. The van der Waals surface area contributed by atoms with Crippen LogP contribution in [-0.2, 0) is 11.3 Å². The maximum absolute atomic E-state index is 12.9. The number of thiophene rings is 1. The lowest BCUT2D eigenvalue weighted by Gasteiger charge is -2.16. The van der Waals surface area contributed by atoms with E-state index in [0.717, 1.165) is 10.4 Å². The SMILES string of the molecule is NC(=O)N[C@H](CC(=O)NCc1ccc(Oc2ccc(F)cc2)cc1)c1cccs1. The lowest BCUT2D eigenvalue weighted by atomic mass is 10.1. The van der Waals surface area contributed by atoms with Gasteiger partial charge in [-0.15, -0.1) is 11.3 Å². The zero-order valence-corrected chi connectivity index (χ0v) is 16.2. The molecule has 6 nitrogen and oxygen atoms in total. The zero-order chi connectivity index (χ0) is 20.6. The fourth-order valence-electron chi connectivity index (χ4n) is 2.66. The van der Waals surface area contributed by atoms with Crippen LogP contribution in [0.4, 0.5) is 9.18 Å². The number of nitrogens with one attached hydrogen (secondary N) is 2. The van der Waals surface area contributed by atoms with Gasteiger partial charge in [-0.05, 0) is 53.4 Å². The Morgan fingerprint density at radius 1 is 1.03 bits per heavy atom. The fourth-order valence-corrected chi connectivity index (χ4v) is 3.43. The van der Waals surface area contributed by atoms with Crippen LogP contribution < -0.4 is 21.1 Å². The molecule has 1 atom stereocenters. The molecule has 29 heavy (non-hydrogen) atoms. The van der Waals surface area contributed by atoms with Crippen molar-refractivity contribution in [2.24, 2.45) is 5.73 Å². The molecule has 0 saturated heterocycles. The van der Waals surface area contributed by atoms with E-state index in [1.807, 2.05) is 29.6 Å². The second kappa shape index (κ2) is 9.70. The first kappa shape index (κ1) is 20.3. The van der Waals surface area contributed by atoms with Gasteiger partial charge in [-0.2, -0.15) is 0 Å². The molecular weight excluding hydrogens is 393 g/mol. The molecule has 3 aromatic rings. The van der Waals surface area contributed by atoms with E-state index in [4.69, 9.17) is 10.5 Å². The molecular formula is C21H20FN3O3S. The van der Waals surface area contributed by atoms with Crippen molar-refractivity contribution in [3.8, 4) is 11.5 Å². The van der Waals surface area contributed by atoms with Crippen molar-refractivity contribution in [2.45, 2.75) is 19.0 Å². The molecule has 0 unspecified atom stereocenters. The maximum atomic E-state index is 12.9. The molecule has 0 bridgehead atoms. The lowest BCUT2D eigenvalue weighted by molar-refractivity contribution is -0.121. The van der Waals surface area contributed by atoms with Crippen LogP contribution in [0.1, 0.15) is 22.9 Å². The molecule has 0 saturated carbocycles. The molecule has 0 aliphatic carbocycles. The van der Waals surface area contributed by atoms with Gasteiger partial charge in [-0.3, -0.25) is 4.79 Å². The Kier molecular flexibility index (Phi) is 6.80. The summed E-state index contributed by atoms with van der Waals surface area (Å²) in [5.74, 6) is 0.615. The van der Waals surface area contributed by atoms with Crippen molar-refractivity contribution in [2.75, 3.05) is 0 Å². The predicted octanol–water partition coefficient (Wildman–Crippen LogP) is 4.10. The Hall–Kier alpha value is -3.39. The van der Waals surface area contributed by atoms with Gasteiger partial charge in [0.25, 0.3) is 0 Å². The topological polar surface area (TPSA) is 93.5 Å². The average Bonchev–Trinajstić information content (AvgIpc) is 3.23. The number of halogens is 1. The van der Waals surface area contributed by atoms with E-state index < -0.39 is 12.1 Å². The number of urea groups is 1. The summed E-state index contributed by atoms with van der Waals surface area (Å²) < 4.78 is 18.6. The van der Waals surface area contributed by atoms with Gasteiger partial charge in [0, 0.05) is 11.4 Å². The lowest BCUT2D eigenvalue weighted by Crippen LogP contribution is -2.36. The third-order valence-electron chi connectivity index (χ3n) is 4.06. The van der Waals surface area contributed by atoms with Gasteiger partial charge in [0.05, 0.1) is 12.5 Å². The Bertz CT molecular complexity index is 944. The highest BCUT2D eigenvalue weighted by atomic mass is 32.1. The van der Waals surface area contributed by atoms with Gasteiger partial charge in [0.1, 0.15) is 17.3 Å². The Balaban J connectivity index is 1.51. The Morgan fingerprint density at radius 2 is 1.69 bits per heavy atom. The predicted molar refractivity (Wildman–Crippen MR) is 109 cm³/mol. The maximum Gasteiger partial charge on any atom is 0.312 e. The molecule has 0 spiro atoms. The highest BCUT2D eigenvalue weighted by molar-refractivity contribution is 7.10. The number of amides is 3. The Labute approximate surface area is 171 Å². The minimum Gasteiger partial charge on any atom is -0.457 e. The van der Waals surface area contributed by atoms with E-state index in [9.17, 15) is 14.0 Å². The van der Waals surface area contributed by atoms with Crippen molar-refractivity contribution >= 4 is 23.3 Å². The van der Waals surface area contributed by atoms with E-state index >= 15 is 0 Å². The van der Waals surface area contributed by atoms with Gasteiger partial charge in [0.2, 0.25) is 5.91 Å². The minimum absolute atomic E-state index is 0.0925. The first-order valence-corrected chi connectivity index (χ1v) is 9.76. The van der Waals surface area contributed by atoms with E-state index in [2.05, 4.69) is 10.6 Å². The number of nitrogens with two attached hydrogens (primary N) is 1.